The van der Waals surface area contributed by atoms with Gasteiger partial charge in [-0.15, -0.1) is 24.0 Å². The number of guanidine groups is 1. The molecule has 0 atom stereocenters. The lowest BCUT2D eigenvalue weighted by Gasteiger charge is -2.21. The maximum atomic E-state index is 12.5. The van der Waals surface area contributed by atoms with Crippen molar-refractivity contribution in [3.8, 4) is 0 Å². The molecule has 0 amide bonds. The van der Waals surface area contributed by atoms with Gasteiger partial charge in [-0.3, -0.25) is 4.99 Å². The molecule has 96 valence electrons. The molecule has 0 radical (unpaired) electrons. The molecule has 0 bridgehead atoms. The van der Waals surface area contributed by atoms with E-state index >= 15 is 0 Å². The van der Waals surface area contributed by atoms with Gasteiger partial charge in [0, 0.05) is 5.54 Å². The third-order valence-electron chi connectivity index (χ3n) is 2.42. The molecule has 0 spiro atoms. The van der Waals surface area contributed by atoms with E-state index in [-0.39, 0.29) is 42.0 Å². The Hall–Kier alpha value is -0.140. The third-order valence-corrected chi connectivity index (χ3v) is 2.42. The zero-order chi connectivity index (χ0) is 11.7. The van der Waals surface area contributed by atoms with Crippen molar-refractivity contribution < 1.29 is 8.78 Å². The lowest BCUT2D eigenvalue weighted by Crippen LogP contribution is -2.45. The highest BCUT2D eigenvalue weighted by atomic mass is 127. The summed E-state index contributed by atoms with van der Waals surface area (Å²) in [7, 11) is 0. The Balaban J connectivity index is 0.00000225. The molecule has 1 saturated carbocycles. The van der Waals surface area contributed by atoms with E-state index in [0.717, 1.165) is 0 Å². The first-order valence-corrected chi connectivity index (χ1v) is 5.11. The van der Waals surface area contributed by atoms with Crippen molar-refractivity contribution in [1.82, 2.24) is 5.32 Å². The third kappa shape index (κ3) is 4.80. The summed E-state index contributed by atoms with van der Waals surface area (Å²) >= 11 is 0. The lowest BCUT2D eigenvalue weighted by molar-refractivity contribution is 0.0667. The summed E-state index contributed by atoms with van der Waals surface area (Å²) in [5.74, 6) is 0.245. The molecule has 16 heavy (non-hydrogen) atoms. The van der Waals surface area contributed by atoms with Crippen molar-refractivity contribution in [2.24, 2.45) is 16.1 Å². The van der Waals surface area contributed by atoms with E-state index in [2.05, 4.69) is 10.3 Å². The second-order valence-electron chi connectivity index (χ2n) is 5.24. The van der Waals surface area contributed by atoms with Crippen molar-refractivity contribution in [2.75, 3.05) is 6.54 Å². The van der Waals surface area contributed by atoms with Gasteiger partial charge in [0.25, 0.3) is 0 Å². The average molecular weight is 347 g/mol. The number of hydrogen-bond acceptors (Lipinski definition) is 1. The second-order valence-corrected chi connectivity index (χ2v) is 5.24. The van der Waals surface area contributed by atoms with Gasteiger partial charge >= 0.3 is 0 Å². The molecule has 0 aromatic rings. The summed E-state index contributed by atoms with van der Waals surface area (Å²) in [4.78, 5) is 3.97. The summed E-state index contributed by atoms with van der Waals surface area (Å²) in [6.45, 7) is 5.94. The standard InChI is InChI=1S/C10H19F2N3.HI/c1-9(2,3)15-8(13)14-6-10(4-5-10)7(11)12;/h7H,4-6H2,1-3H3,(H3,13,14,15);1H. The van der Waals surface area contributed by atoms with Crippen LogP contribution in [0, 0.1) is 5.41 Å². The lowest BCUT2D eigenvalue weighted by atomic mass is 10.1. The minimum atomic E-state index is -2.29. The number of aliphatic imine (C=N–C) groups is 1. The molecule has 6 heteroatoms. The maximum Gasteiger partial charge on any atom is 0.245 e. The summed E-state index contributed by atoms with van der Waals surface area (Å²) < 4.78 is 25.1. The van der Waals surface area contributed by atoms with Gasteiger partial charge in [0.05, 0.1) is 12.0 Å². The molecule has 0 heterocycles. The van der Waals surface area contributed by atoms with Crippen LogP contribution in [0.1, 0.15) is 33.6 Å². The highest BCUT2D eigenvalue weighted by Gasteiger charge is 2.50. The van der Waals surface area contributed by atoms with Crippen molar-refractivity contribution in [1.29, 1.82) is 0 Å². The largest absolute Gasteiger partial charge is 0.370 e. The first kappa shape index (κ1) is 15.9. The number of hydrogen-bond donors (Lipinski definition) is 2. The molecular weight excluding hydrogens is 327 g/mol. The van der Waals surface area contributed by atoms with Gasteiger partial charge in [0.2, 0.25) is 6.43 Å². The Kier molecular flexibility index (Phi) is 5.41. The van der Waals surface area contributed by atoms with Crippen molar-refractivity contribution in [2.45, 2.75) is 45.6 Å². The molecule has 3 nitrogen and oxygen atoms in total. The normalized spacial score (nSPS) is 19.2. The van der Waals surface area contributed by atoms with E-state index in [4.69, 9.17) is 5.73 Å². The molecular formula is C10H20F2IN3. The molecule has 3 N–H and O–H groups in total. The highest BCUT2D eigenvalue weighted by molar-refractivity contribution is 14.0. The quantitative estimate of drug-likeness (QED) is 0.468. The first-order valence-electron chi connectivity index (χ1n) is 5.11. The van der Waals surface area contributed by atoms with Crippen LogP contribution in [-0.4, -0.2) is 24.5 Å². The Morgan fingerprint density at radius 2 is 1.94 bits per heavy atom. The Bertz CT molecular complexity index is 257. The SMILES string of the molecule is CC(C)(C)NC(N)=NCC1(C(F)F)CC1.I. The number of alkyl halides is 2. The van der Waals surface area contributed by atoms with Gasteiger partial charge in [0.1, 0.15) is 0 Å². The van der Waals surface area contributed by atoms with E-state index in [1.807, 2.05) is 20.8 Å². The Labute approximate surface area is 112 Å². The number of nitrogens with two attached hydrogens (primary N) is 1. The van der Waals surface area contributed by atoms with E-state index in [1.165, 1.54) is 0 Å². The number of rotatable bonds is 3. The second kappa shape index (κ2) is 5.46. The molecule has 1 aliphatic rings. The van der Waals surface area contributed by atoms with Gasteiger partial charge < -0.3 is 11.1 Å². The number of nitrogens with zero attached hydrogens (tertiary/aromatic N) is 1. The van der Waals surface area contributed by atoms with Gasteiger partial charge in [-0.2, -0.15) is 0 Å². The molecule has 1 aliphatic carbocycles. The topological polar surface area (TPSA) is 50.4 Å². The number of halogens is 3. The summed E-state index contributed by atoms with van der Waals surface area (Å²) in [5.41, 5.74) is 4.52. The minimum Gasteiger partial charge on any atom is -0.370 e. The molecule has 0 aliphatic heterocycles. The van der Waals surface area contributed by atoms with Crippen molar-refractivity contribution >= 4 is 29.9 Å². The highest BCUT2D eigenvalue weighted by Crippen LogP contribution is 2.50. The zero-order valence-electron chi connectivity index (χ0n) is 9.89. The van der Waals surface area contributed by atoms with Crippen LogP contribution in [-0.2, 0) is 0 Å². The maximum absolute atomic E-state index is 12.5. The summed E-state index contributed by atoms with van der Waals surface area (Å²) in [5, 5.41) is 2.94. The van der Waals surface area contributed by atoms with E-state index in [1.54, 1.807) is 0 Å². The van der Waals surface area contributed by atoms with Crippen LogP contribution in [0.25, 0.3) is 0 Å². The van der Waals surface area contributed by atoms with Crippen molar-refractivity contribution in [3.63, 3.8) is 0 Å². The van der Waals surface area contributed by atoms with Crippen LogP contribution in [0.5, 0.6) is 0 Å². The van der Waals surface area contributed by atoms with Gasteiger partial charge in [0.15, 0.2) is 5.96 Å². The molecule has 0 unspecified atom stereocenters. The predicted molar refractivity (Wildman–Crippen MR) is 72.5 cm³/mol. The average Bonchev–Trinajstić information content (AvgIpc) is 2.77. The Morgan fingerprint density at radius 3 is 2.25 bits per heavy atom. The zero-order valence-corrected chi connectivity index (χ0v) is 12.2. The summed E-state index contributed by atoms with van der Waals surface area (Å²) in [6, 6.07) is 0. The molecule has 0 aromatic heterocycles. The summed E-state index contributed by atoms with van der Waals surface area (Å²) in [6.07, 6.45) is -1.18. The van der Waals surface area contributed by atoms with Crippen LogP contribution in [0.15, 0.2) is 4.99 Å². The van der Waals surface area contributed by atoms with Crippen LogP contribution in [0.3, 0.4) is 0 Å². The van der Waals surface area contributed by atoms with Crippen LogP contribution >= 0.6 is 24.0 Å². The van der Waals surface area contributed by atoms with Crippen LogP contribution in [0.4, 0.5) is 8.78 Å². The fourth-order valence-electron chi connectivity index (χ4n) is 1.27. The van der Waals surface area contributed by atoms with Gasteiger partial charge in [-0.25, -0.2) is 8.78 Å². The monoisotopic (exact) mass is 347 g/mol. The van der Waals surface area contributed by atoms with Gasteiger partial charge in [-0.05, 0) is 33.6 Å². The molecule has 1 fully saturated rings. The fraction of sp³-hybridized carbons (Fsp3) is 0.900. The Morgan fingerprint density at radius 1 is 1.44 bits per heavy atom. The first-order chi connectivity index (χ1) is 6.75. The van der Waals surface area contributed by atoms with E-state index in [9.17, 15) is 8.78 Å². The van der Waals surface area contributed by atoms with E-state index in [0.29, 0.717) is 12.8 Å². The number of nitrogens with one attached hydrogen (secondary N) is 1. The predicted octanol–water partition coefficient (Wildman–Crippen LogP) is 2.35. The van der Waals surface area contributed by atoms with Crippen LogP contribution in [0.2, 0.25) is 0 Å². The van der Waals surface area contributed by atoms with E-state index < -0.39 is 11.8 Å². The molecule has 1 rings (SSSR count). The van der Waals surface area contributed by atoms with Gasteiger partial charge in [-0.1, -0.05) is 0 Å². The van der Waals surface area contributed by atoms with Crippen molar-refractivity contribution in [3.05, 3.63) is 0 Å². The molecule has 0 aromatic carbocycles. The fourth-order valence-corrected chi connectivity index (χ4v) is 1.27. The smallest absolute Gasteiger partial charge is 0.245 e. The molecule has 0 saturated heterocycles. The van der Waals surface area contributed by atoms with Crippen LogP contribution < -0.4 is 11.1 Å². The minimum absolute atomic E-state index is 0.